The Bertz CT molecular complexity index is 385. The molecule has 94 valence electrons. The number of hydrogen-bond acceptors (Lipinski definition) is 4. The molecule has 2 aliphatic rings. The normalized spacial score (nSPS) is 25.8. The fourth-order valence-electron chi connectivity index (χ4n) is 2.84. The van der Waals surface area contributed by atoms with Gasteiger partial charge in [-0.25, -0.2) is 4.98 Å². The molecule has 17 heavy (non-hydrogen) atoms. The van der Waals surface area contributed by atoms with E-state index in [2.05, 4.69) is 5.32 Å². The summed E-state index contributed by atoms with van der Waals surface area (Å²) in [6, 6.07) is 0.489. The van der Waals surface area contributed by atoms with E-state index in [0.29, 0.717) is 12.0 Å². The molecular weight excluding hydrogens is 232 g/mol. The Morgan fingerprint density at radius 2 is 2.12 bits per heavy atom. The van der Waals surface area contributed by atoms with E-state index in [-0.39, 0.29) is 0 Å². The molecule has 4 heteroatoms. The van der Waals surface area contributed by atoms with Gasteiger partial charge in [0.15, 0.2) is 0 Å². The average molecular weight is 252 g/mol. The van der Waals surface area contributed by atoms with Crippen LogP contribution in [0, 0.1) is 0 Å². The first-order chi connectivity index (χ1) is 8.38. The van der Waals surface area contributed by atoms with Gasteiger partial charge in [0, 0.05) is 24.0 Å². The number of thiazole rings is 1. The molecule has 2 heterocycles. The van der Waals surface area contributed by atoms with Gasteiger partial charge < -0.3 is 10.1 Å². The average Bonchev–Trinajstić information content (AvgIpc) is 2.83. The summed E-state index contributed by atoms with van der Waals surface area (Å²) in [6.07, 6.45) is 6.07. The van der Waals surface area contributed by atoms with Crippen molar-refractivity contribution in [3.05, 3.63) is 15.6 Å². The van der Waals surface area contributed by atoms with Crippen molar-refractivity contribution < 1.29 is 4.74 Å². The van der Waals surface area contributed by atoms with Crippen molar-refractivity contribution in [3.8, 4) is 0 Å². The van der Waals surface area contributed by atoms with E-state index in [0.717, 1.165) is 26.1 Å². The summed E-state index contributed by atoms with van der Waals surface area (Å²) in [6.45, 7) is 1.81. The predicted molar refractivity (Wildman–Crippen MR) is 69.6 cm³/mol. The van der Waals surface area contributed by atoms with Crippen LogP contribution in [0.2, 0.25) is 0 Å². The van der Waals surface area contributed by atoms with E-state index in [1.54, 1.807) is 0 Å². The molecule has 3 rings (SSSR count). The highest BCUT2D eigenvalue weighted by molar-refractivity contribution is 7.11. The van der Waals surface area contributed by atoms with Gasteiger partial charge in [0.25, 0.3) is 0 Å². The Morgan fingerprint density at radius 1 is 1.29 bits per heavy atom. The van der Waals surface area contributed by atoms with E-state index in [9.17, 15) is 0 Å². The lowest BCUT2D eigenvalue weighted by Crippen LogP contribution is -2.21. The third-order valence-corrected chi connectivity index (χ3v) is 5.18. The minimum atomic E-state index is 0.489. The molecule has 0 bridgehead atoms. The molecule has 1 aliphatic heterocycles. The largest absolute Gasteiger partial charge is 0.381 e. The van der Waals surface area contributed by atoms with Crippen molar-refractivity contribution in [2.24, 2.45) is 0 Å². The molecule has 0 aromatic carbocycles. The van der Waals surface area contributed by atoms with Gasteiger partial charge >= 0.3 is 0 Å². The summed E-state index contributed by atoms with van der Waals surface area (Å²) in [5.41, 5.74) is 1.34. The molecule has 1 N–H and O–H groups in total. The van der Waals surface area contributed by atoms with Crippen molar-refractivity contribution in [1.82, 2.24) is 10.3 Å². The van der Waals surface area contributed by atoms with E-state index in [1.165, 1.54) is 34.8 Å². The van der Waals surface area contributed by atoms with Crippen LogP contribution in [0.5, 0.6) is 0 Å². The first kappa shape index (κ1) is 11.6. The number of aromatic nitrogens is 1. The minimum absolute atomic E-state index is 0.489. The third kappa shape index (κ3) is 2.26. The van der Waals surface area contributed by atoms with Crippen LogP contribution in [-0.2, 0) is 11.2 Å². The van der Waals surface area contributed by atoms with Gasteiger partial charge in [0.2, 0.25) is 0 Å². The Kier molecular flexibility index (Phi) is 3.45. The molecule has 0 radical (unpaired) electrons. The topological polar surface area (TPSA) is 34.1 Å². The summed E-state index contributed by atoms with van der Waals surface area (Å²) in [7, 11) is 2.05. The molecule has 1 aliphatic carbocycles. The van der Waals surface area contributed by atoms with Gasteiger partial charge in [-0.15, -0.1) is 11.3 Å². The molecule has 1 aromatic rings. The molecular formula is C13H20N2OS. The maximum atomic E-state index is 5.43. The van der Waals surface area contributed by atoms with E-state index < -0.39 is 0 Å². The van der Waals surface area contributed by atoms with Gasteiger partial charge in [-0.05, 0) is 39.2 Å². The van der Waals surface area contributed by atoms with Crippen LogP contribution in [0.25, 0.3) is 0 Å². The third-order valence-electron chi connectivity index (χ3n) is 3.89. The molecule has 1 saturated heterocycles. The number of fused-ring (bicyclic) bond motifs is 1. The number of nitrogens with zero attached hydrogens (tertiary/aromatic N) is 1. The highest BCUT2D eigenvalue weighted by Gasteiger charge is 2.26. The fraction of sp³-hybridized carbons (Fsp3) is 0.769. The number of ether oxygens (including phenoxy) is 1. The van der Waals surface area contributed by atoms with Crippen LogP contribution < -0.4 is 5.32 Å². The molecule has 1 aromatic heterocycles. The van der Waals surface area contributed by atoms with Crippen LogP contribution in [0.3, 0.4) is 0 Å². The molecule has 0 spiro atoms. The fourth-order valence-corrected chi connectivity index (χ4v) is 4.18. The SMILES string of the molecule is CNC1CCCc2sc(C3CCOCC3)nc21. The predicted octanol–water partition coefficient (Wildman–Crippen LogP) is 2.63. The van der Waals surface area contributed by atoms with Gasteiger partial charge in [-0.3, -0.25) is 0 Å². The number of nitrogens with one attached hydrogen (secondary N) is 1. The van der Waals surface area contributed by atoms with E-state index in [4.69, 9.17) is 9.72 Å². The number of aryl methyl sites for hydroxylation is 1. The van der Waals surface area contributed by atoms with Crippen LogP contribution in [0.15, 0.2) is 0 Å². The van der Waals surface area contributed by atoms with Crippen molar-refractivity contribution in [2.45, 2.75) is 44.1 Å². The minimum Gasteiger partial charge on any atom is -0.381 e. The molecule has 0 amide bonds. The molecule has 0 saturated carbocycles. The lowest BCUT2D eigenvalue weighted by atomic mass is 9.97. The summed E-state index contributed by atoms with van der Waals surface area (Å²) in [5.74, 6) is 0.650. The van der Waals surface area contributed by atoms with Gasteiger partial charge in [0.05, 0.1) is 16.7 Å². The Labute approximate surface area is 107 Å². The van der Waals surface area contributed by atoms with E-state index in [1.807, 2.05) is 18.4 Å². The second-order valence-corrected chi connectivity index (χ2v) is 6.10. The standard InChI is InChI=1S/C13H20N2OS/c1-14-10-3-2-4-11-12(10)15-13(17-11)9-5-7-16-8-6-9/h9-10,14H,2-8H2,1H3. The Morgan fingerprint density at radius 3 is 2.88 bits per heavy atom. The highest BCUT2D eigenvalue weighted by atomic mass is 32.1. The number of hydrogen-bond donors (Lipinski definition) is 1. The van der Waals surface area contributed by atoms with Gasteiger partial charge in [-0.1, -0.05) is 0 Å². The summed E-state index contributed by atoms with van der Waals surface area (Å²) in [4.78, 5) is 6.45. The van der Waals surface area contributed by atoms with Crippen molar-refractivity contribution in [1.29, 1.82) is 0 Å². The second kappa shape index (κ2) is 5.04. The summed E-state index contributed by atoms with van der Waals surface area (Å²) < 4.78 is 5.43. The van der Waals surface area contributed by atoms with Crippen LogP contribution in [0.1, 0.15) is 53.2 Å². The maximum Gasteiger partial charge on any atom is 0.0964 e. The zero-order valence-corrected chi connectivity index (χ0v) is 11.2. The lowest BCUT2D eigenvalue weighted by molar-refractivity contribution is 0.0852. The van der Waals surface area contributed by atoms with Crippen LogP contribution >= 0.6 is 11.3 Å². The molecule has 3 nitrogen and oxygen atoms in total. The smallest absolute Gasteiger partial charge is 0.0964 e. The van der Waals surface area contributed by atoms with Crippen molar-refractivity contribution >= 4 is 11.3 Å². The summed E-state index contributed by atoms with van der Waals surface area (Å²) >= 11 is 1.95. The molecule has 1 fully saturated rings. The maximum absolute atomic E-state index is 5.43. The Hall–Kier alpha value is -0.450. The van der Waals surface area contributed by atoms with Crippen molar-refractivity contribution in [3.63, 3.8) is 0 Å². The van der Waals surface area contributed by atoms with E-state index >= 15 is 0 Å². The first-order valence-corrected chi connectivity index (χ1v) is 7.44. The Balaban J connectivity index is 1.84. The van der Waals surface area contributed by atoms with Crippen LogP contribution in [-0.4, -0.2) is 25.2 Å². The number of rotatable bonds is 2. The first-order valence-electron chi connectivity index (χ1n) is 6.63. The van der Waals surface area contributed by atoms with Gasteiger partial charge in [0.1, 0.15) is 0 Å². The zero-order chi connectivity index (χ0) is 11.7. The van der Waals surface area contributed by atoms with Crippen molar-refractivity contribution in [2.75, 3.05) is 20.3 Å². The zero-order valence-electron chi connectivity index (χ0n) is 10.4. The second-order valence-electron chi connectivity index (χ2n) is 4.98. The summed E-state index contributed by atoms with van der Waals surface area (Å²) in [5, 5.41) is 4.76. The molecule has 1 atom stereocenters. The lowest BCUT2D eigenvalue weighted by Gasteiger charge is -2.20. The quantitative estimate of drug-likeness (QED) is 0.878. The molecule has 1 unspecified atom stereocenters. The monoisotopic (exact) mass is 252 g/mol. The highest BCUT2D eigenvalue weighted by Crippen LogP contribution is 2.38. The van der Waals surface area contributed by atoms with Gasteiger partial charge in [-0.2, -0.15) is 0 Å². The van der Waals surface area contributed by atoms with Crippen LogP contribution in [0.4, 0.5) is 0 Å².